The Labute approximate surface area is 76.6 Å². The maximum atomic E-state index is 6.91. The predicted molar refractivity (Wildman–Crippen MR) is 47.5 cm³/mol. The molecule has 0 saturated carbocycles. The predicted octanol–water partition coefficient (Wildman–Crippen LogP) is 0.604. The van der Waals surface area contributed by atoms with Gasteiger partial charge in [-0.3, -0.25) is 10.4 Å². The number of halogens is 2. The van der Waals surface area contributed by atoms with E-state index in [1.165, 1.54) is 18.6 Å². The summed E-state index contributed by atoms with van der Waals surface area (Å²) >= 11 is 0. The Kier molecular flexibility index (Phi) is 6.83. The van der Waals surface area contributed by atoms with Crippen molar-refractivity contribution < 1.29 is 0 Å². The number of nitrogens with two attached hydrogens (primary N) is 1. The van der Waals surface area contributed by atoms with Gasteiger partial charge in [0.25, 0.3) is 0 Å². The largest absolute Gasteiger partial charge is 0.382 e. The maximum absolute atomic E-state index is 6.91. The Morgan fingerprint density at radius 3 is 2.27 bits per heavy atom. The van der Waals surface area contributed by atoms with Crippen molar-refractivity contribution in [3.05, 3.63) is 24.3 Å². The molecule has 0 saturated heterocycles. The fraction of sp³-hybridized carbons (Fsp3) is 0. The third-order valence-corrected chi connectivity index (χ3v) is 0.839. The van der Waals surface area contributed by atoms with Crippen LogP contribution in [0.3, 0.4) is 0 Å². The van der Waals surface area contributed by atoms with Gasteiger partial charge in [0.05, 0.1) is 6.20 Å². The highest BCUT2D eigenvalue weighted by Gasteiger charge is 1.92. The molecule has 3 N–H and O–H groups in total. The standard InChI is InChI=1S/C5H6N4.2ClH/c6-5(7)4-3-8-1-2-9-4;;/h1-3H,(H3,6,7);2*1H. The number of amidine groups is 1. The highest BCUT2D eigenvalue weighted by atomic mass is 35.5. The summed E-state index contributed by atoms with van der Waals surface area (Å²) in [5.41, 5.74) is 5.51. The van der Waals surface area contributed by atoms with Crippen LogP contribution in [-0.4, -0.2) is 15.8 Å². The molecule has 0 radical (unpaired) electrons. The Morgan fingerprint density at radius 2 is 2.00 bits per heavy atom. The highest BCUT2D eigenvalue weighted by molar-refractivity contribution is 5.92. The zero-order valence-corrected chi connectivity index (χ0v) is 7.15. The minimum absolute atomic E-state index is 0. The molecule has 6 heteroatoms. The molecule has 1 rings (SSSR count). The van der Waals surface area contributed by atoms with Crippen molar-refractivity contribution in [3.8, 4) is 0 Å². The zero-order valence-electron chi connectivity index (χ0n) is 5.52. The van der Waals surface area contributed by atoms with Gasteiger partial charge in [0.1, 0.15) is 11.5 Å². The van der Waals surface area contributed by atoms with Crippen molar-refractivity contribution in [2.45, 2.75) is 0 Å². The monoisotopic (exact) mass is 194 g/mol. The van der Waals surface area contributed by atoms with Crippen molar-refractivity contribution in [1.82, 2.24) is 9.97 Å². The molecule has 0 spiro atoms. The summed E-state index contributed by atoms with van der Waals surface area (Å²) in [7, 11) is 0. The molecule has 1 heterocycles. The fourth-order valence-electron chi connectivity index (χ4n) is 0.438. The number of hydrogen-bond acceptors (Lipinski definition) is 3. The lowest BCUT2D eigenvalue weighted by Crippen LogP contribution is -2.12. The number of nitrogen functional groups attached to an aromatic ring is 1. The van der Waals surface area contributed by atoms with Gasteiger partial charge < -0.3 is 5.73 Å². The molecule has 1 aromatic heterocycles. The first-order valence-corrected chi connectivity index (χ1v) is 2.41. The minimum Gasteiger partial charge on any atom is -0.382 e. The molecule has 0 bridgehead atoms. The van der Waals surface area contributed by atoms with E-state index in [1.54, 1.807) is 0 Å². The first-order chi connectivity index (χ1) is 4.30. The molecule has 0 atom stereocenters. The summed E-state index contributed by atoms with van der Waals surface area (Å²) in [4.78, 5) is 7.49. The van der Waals surface area contributed by atoms with E-state index in [2.05, 4.69) is 9.97 Å². The Balaban J connectivity index is 0. The van der Waals surface area contributed by atoms with Crippen molar-refractivity contribution in [2.24, 2.45) is 5.73 Å². The van der Waals surface area contributed by atoms with Crippen LogP contribution in [0.15, 0.2) is 18.6 Å². The second-order valence-electron chi connectivity index (χ2n) is 1.50. The second-order valence-corrected chi connectivity index (χ2v) is 1.50. The molecular formula is C5H8Cl2N4. The van der Waals surface area contributed by atoms with Crippen molar-refractivity contribution in [1.29, 1.82) is 5.41 Å². The first kappa shape index (κ1) is 12.8. The van der Waals surface area contributed by atoms with Crippen molar-refractivity contribution >= 4 is 30.6 Å². The quantitative estimate of drug-likeness (QED) is 0.509. The molecular weight excluding hydrogens is 187 g/mol. The van der Waals surface area contributed by atoms with Crippen LogP contribution in [0.5, 0.6) is 0 Å². The molecule has 1 aromatic rings. The number of hydrogen-bond donors (Lipinski definition) is 2. The van der Waals surface area contributed by atoms with Gasteiger partial charge in [-0.2, -0.15) is 0 Å². The van der Waals surface area contributed by atoms with Gasteiger partial charge in [0.2, 0.25) is 0 Å². The van der Waals surface area contributed by atoms with E-state index in [9.17, 15) is 0 Å². The van der Waals surface area contributed by atoms with E-state index in [-0.39, 0.29) is 30.6 Å². The zero-order chi connectivity index (χ0) is 6.69. The Hall–Kier alpha value is -0.870. The summed E-state index contributed by atoms with van der Waals surface area (Å²) in [5.74, 6) is -0.0527. The van der Waals surface area contributed by atoms with Gasteiger partial charge >= 0.3 is 0 Å². The number of aromatic nitrogens is 2. The highest BCUT2D eigenvalue weighted by Crippen LogP contribution is 1.84. The van der Waals surface area contributed by atoms with Gasteiger partial charge in [0.15, 0.2) is 0 Å². The summed E-state index contributed by atoms with van der Waals surface area (Å²) in [5, 5.41) is 6.91. The van der Waals surface area contributed by atoms with Gasteiger partial charge in [-0.05, 0) is 0 Å². The number of nitrogens with one attached hydrogen (secondary N) is 1. The molecule has 0 amide bonds. The summed E-state index contributed by atoms with van der Waals surface area (Å²) < 4.78 is 0. The van der Waals surface area contributed by atoms with Gasteiger partial charge in [-0.25, -0.2) is 4.98 Å². The topological polar surface area (TPSA) is 75.7 Å². The van der Waals surface area contributed by atoms with Crippen LogP contribution in [0.25, 0.3) is 0 Å². The van der Waals surface area contributed by atoms with E-state index in [0.29, 0.717) is 5.69 Å². The molecule has 0 aliphatic carbocycles. The smallest absolute Gasteiger partial charge is 0.143 e. The molecule has 4 nitrogen and oxygen atoms in total. The molecule has 0 fully saturated rings. The van der Waals surface area contributed by atoms with Crippen molar-refractivity contribution in [2.75, 3.05) is 0 Å². The normalized spacial score (nSPS) is 7.27. The summed E-state index contributed by atoms with van der Waals surface area (Å²) in [6, 6.07) is 0. The lowest BCUT2D eigenvalue weighted by atomic mass is 10.4. The van der Waals surface area contributed by atoms with Crippen LogP contribution >= 0.6 is 24.8 Å². The molecule has 62 valence electrons. The van der Waals surface area contributed by atoms with Crippen LogP contribution in [0.4, 0.5) is 0 Å². The Bertz CT molecular complexity index is 213. The van der Waals surface area contributed by atoms with Crippen LogP contribution in [0.2, 0.25) is 0 Å². The summed E-state index contributed by atoms with van der Waals surface area (Å²) in [6.45, 7) is 0. The molecule has 0 aliphatic heterocycles. The number of nitrogens with zero attached hydrogens (tertiary/aromatic N) is 2. The maximum Gasteiger partial charge on any atom is 0.143 e. The minimum atomic E-state index is -0.0527. The SMILES string of the molecule is Cl.Cl.N=C(N)c1cnccn1. The average Bonchev–Trinajstić information content (AvgIpc) is 1.90. The average molecular weight is 195 g/mol. The van der Waals surface area contributed by atoms with Gasteiger partial charge in [0, 0.05) is 12.4 Å². The third kappa shape index (κ3) is 3.75. The first-order valence-electron chi connectivity index (χ1n) is 2.41. The molecule has 11 heavy (non-hydrogen) atoms. The lowest BCUT2D eigenvalue weighted by Gasteiger charge is -1.91. The van der Waals surface area contributed by atoms with Gasteiger partial charge in [-0.15, -0.1) is 24.8 Å². The third-order valence-electron chi connectivity index (χ3n) is 0.839. The molecule has 0 aliphatic rings. The van der Waals surface area contributed by atoms with E-state index in [4.69, 9.17) is 11.1 Å². The van der Waals surface area contributed by atoms with E-state index in [0.717, 1.165) is 0 Å². The fourth-order valence-corrected chi connectivity index (χ4v) is 0.438. The summed E-state index contributed by atoms with van der Waals surface area (Å²) in [6.07, 6.45) is 4.48. The van der Waals surface area contributed by atoms with Crippen LogP contribution in [0.1, 0.15) is 5.69 Å². The molecule has 0 aromatic carbocycles. The van der Waals surface area contributed by atoms with Crippen LogP contribution < -0.4 is 5.73 Å². The second kappa shape index (κ2) is 5.88. The van der Waals surface area contributed by atoms with E-state index in [1.807, 2.05) is 0 Å². The van der Waals surface area contributed by atoms with Crippen molar-refractivity contribution in [3.63, 3.8) is 0 Å². The molecule has 0 unspecified atom stereocenters. The lowest BCUT2D eigenvalue weighted by molar-refractivity contribution is 1.16. The van der Waals surface area contributed by atoms with Crippen LogP contribution in [-0.2, 0) is 0 Å². The van der Waals surface area contributed by atoms with Crippen LogP contribution in [0, 0.1) is 5.41 Å². The number of rotatable bonds is 1. The van der Waals surface area contributed by atoms with E-state index >= 15 is 0 Å². The van der Waals surface area contributed by atoms with E-state index < -0.39 is 0 Å². The van der Waals surface area contributed by atoms with Gasteiger partial charge in [-0.1, -0.05) is 0 Å². The Morgan fingerprint density at radius 1 is 1.36 bits per heavy atom.